The highest BCUT2D eigenvalue weighted by molar-refractivity contribution is 5.94. The van der Waals surface area contributed by atoms with Gasteiger partial charge >= 0.3 is 6.09 Å². The molecule has 0 aromatic heterocycles. The van der Waals surface area contributed by atoms with Gasteiger partial charge in [0.1, 0.15) is 11.4 Å². The lowest BCUT2D eigenvalue weighted by Gasteiger charge is -2.33. The van der Waals surface area contributed by atoms with Gasteiger partial charge in [0.05, 0.1) is 5.92 Å². The number of benzene rings is 1. The van der Waals surface area contributed by atoms with Crippen LogP contribution < -0.4 is 10.6 Å². The number of hydrogen-bond acceptors (Lipinski definition) is 4. The summed E-state index contributed by atoms with van der Waals surface area (Å²) in [6.45, 7) is 8.40. The van der Waals surface area contributed by atoms with E-state index in [-0.39, 0.29) is 30.5 Å². The second-order valence-electron chi connectivity index (χ2n) is 8.28. The Morgan fingerprint density at radius 2 is 1.90 bits per heavy atom. The van der Waals surface area contributed by atoms with Crippen molar-refractivity contribution in [2.75, 3.05) is 26.2 Å². The maximum absolute atomic E-state index is 13.5. The summed E-state index contributed by atoms with van der Waals surface area (Å²) in [6.07, 6.45) is 1.01. The molecule has 0 radical (unpaired) electrons. The Kier molecular flexibility index (Phi) is 7.59. The average molecular weight is 407 g/mol. The van der Waals surface area contributed by atoms with E-state index in [2.05, 4.69) is 10.6 Å². The molecule has 2 rings (SSSR count). The molecule has 0 spiro atoms. The molecule has 1 aliphatic heterocycles. The number of rotatable bonds is 5. The lowest BCUT2D eigenvalue weighted by molar-refractivity contribution is -0.126. The van der Waals surface area contributed by atoms with Crippen LogP contribution in [0, 0.1) is 18.7 Å². The first-order chi connectivity index (χ1) is 13.6. The van der Waals surface area contributed by atoms with E-state index in [4.69, 9.17) is 4.74 Å². The molecule has 0 saturated carbocycles. The Hall–Kier alpha value is -2.64. The smallest absolute Gasteiger partial charge is 0.410 e. The third-order valence-electron chi connectivity index (χ3n) is 4.59. The lowest BCUT2D eigenvalue weighted by Crippen LogP contribution is -2.47. The van der Waals surface area contributed by atoms with Crippen molar-refractivity contribution in [3.63, 3.8) is 0 Å². The van der Waals surface area contributed by atoms with Crippen LogP contribution in [0.2, 0.25) is 0 Å². The van der Waals surface area contributed by atoms with Crippen LogP contribution in [0.3, 0.4) is 0 Å². The van der Waals surface area contributed by atoms with Gasteiger partial charge in [0.15, 0.2) is 0 Å². The summed E-state index contributed by atoms with van der Waals surface area (Å²) in [6, 6.07) is 4.29. The average Bonchev–Trinajstić information content (AvgIpc) is 2.65. The zero-order valence-electron chi connectivity index (χ0n) is 17.5. The Bertz CT molecular complexity index is 761. The fourth-order valence-corrected chi connectivity index (χ4v) is 3.03. The molecule has 1 atom stereocenters. The predicted molar refractivity (Wildman–Crippen MR) is 107 cm³/mol. The second kappa shape index (κ2) is 9.71. The molecule has 29 heavy (non-hydrogen) atoms. The van der Waals surface area contributed by atoms with Gasteiger partial charge in [-0.15, -0.1) is 0 Å². The van der Waals surface area contributed by atoms with Crippen LogP contribution in [0.5, 0.6) is 0 Å². The van der Waals surface area contributed by atoms with Crippen molar-refractivity contribution in [2.45, 2.75) is 46.1 Å². The van der Waals surface area contributed by atoms with Crippen LogP contribution in [0.15, 0.2) is 18.2 Å². The summed E-state index contributed by atoms with van der Waals surface area (Å²) >= 11 is 0. The zero-order chi connectivity index (χ0) is 21.6. The number of nitrogens with zero attached hydrogens (tertiary/aromatic N) is 1. The minimum Gasteiger partial charge on any atom is -0.444 e. The van der Waals surface area contributed by atoms with E-state index in [1.165, 1.54) is 6.07 Å². The van der Waals surface area contributed by atoms with E-state index >= 15 is 0 Å². The van der Waals surface area contributed by atoms with Gasteiger partial charge in [-0.05, 0) is 58.2 Å². The molecule has 3 amide bonds. The number of carbonyl (C=O) groups is 3. The number of piperidine rings is 1. The van der Waals surface area contributed by atoms with Gasteiger partial charge in [-0.3, -0.25) is 9.59 Å². The van der Waals surface area contributed by atoms with Crippen LogP contribution in [0.25, 0.3) is 0 Å². The summed E-state index contributed by atoms with van der Waals surface area (Å²) in [5, 5.41) is 5.43. The SMILES string of the molecule is Cc1ccc(C(=O)NCCNC(=O)C2CCCN(C(=O)OC(C)(C)C)C2)cc1F. The molecule has 7 nitrogen and oxygen atoms in total. The lowest BCUT2D eigenvalue weighted by atomic mass is 9.97. The number of likely N-dealkylation sites (tertiary alicyclic amines) is 1. The molecular formula is C21H30FN3O4. The summed E-state index contributed by atoms with van der Waals surface area (Å²) in [5.74, 6) is -1.29. The number of hydrogen-bond donors (Lipinski definition) is 2. The van der Waals surface area contributed by atoms with Crippen molar-refractivity contribution in [2.24, 2.45) is 5.92 Å². The normalized spacial score (nSPS) is 16.9. The zero-order valence-corrected chi connectivity index (χ0v) is 17.5. The van der Waals surface area contributed by atoms with Crippen LogP contribution in [-0.4, -0.2) is 54.6 Å². The van der Waals surface area contributed by atoms with E-state index in [1.807, 2.05) is 0 Å². The van der Waals surface area contributed by atoms with Gasteiger partial charge in [0, 0.05) is 31.7 Å². The van der Waals surface area contributed by atoms with Crippen molar-refractivity contribution in [3.05, 3.63) is 35.1 Å². The first kappa shape index (κ1) is 22.6. The van der Waals surface area contributed by atoms with Crippen molar-refractivity contribution >= 4 is 17.9 Å². The molecule has 1 saturated heterocycles. The summed E-state index contributed by atoms with van der Waals surface area (Å²) in [4.78, 5) is 38.2. The molecule has 1 fully saturated rings. The van der Waals surface area contributed by atoms with Gasteiger partial charge in [0.2, 0.25) is 5.91 Å². The molecular weight excluding hydrogens is 377 g/mol. The molecule has 0 bridgehead atoms. The Balaban J connectivity index is 1.75. The van der Waals surface area contributed by atoms with Crippen LogP contribution in [0.4, 0.5) is 9.18 Å². The van der Waals surface area contributed by atoms with Gasteiger partial charge in [0.25, 0.3) is 5.91 Å². The van der Waals surface area contributed by atoms with Gasteiger partial charge in [-0.2, -0.15) is 0 Å². The second-order valence-corrected chi connectivity index (χ2v) is 8.28. The van der Waals surface area contributed by atoms with E-state index < -0.39 is 23.4 Å². The number of ether oxygens (including phenoxy) is 1. The van der Waals surface area contributed by atoms with E-state index in [0.29, 0.717) is 25.1 Å². The van der Waals surface area contributed by atoms with E-state index in [0.717, 1.165) is 6.42 Å². The predicted octanol–water partition coefficient (Wildman–Crippen LogP) is 2.63. The highest BCUT2D eigenvalue weighted by Crippen LogP contribution is 2.19. The molecule has 1 aromatic rings. The number of carbonyl (C=O) groups excluding carboxylic acids is 3. The number of halogens is 1. The quantitative estimate of drug-likeness (QED) is 0.735. The third kappa shape index (κ3) is 7.03. The summed E-state index contributed by atoms with van der Waals surface area (Å²) < 4.78 is 18.9. The monoisotopic (exact) mass is 407 g/mol. The number of amides is 3. The molecule has 8 heteroatoms. The van der Waals surface area contributed by atoms with Crippen molar-refractivity contribution in [1.29, 1.82) is 0 Å². The van der Waals surface area contributed by atoms with Crippen molar-refractivity contribution in [3.8, 4) is 0 Å². The minimum absolute atomic E-state index is 0.158. The molecule has 1 unspecified atom stereocenters. The standard InChI is InChI=1S/C21H30FN3O4/c1-14-7-8-15(12-17(14)22)18(26)23-9-10-24-19(27)16-6-5-11-25(13-16)20(28)29-21(2,3)4/h7-8,12,16H,5-6,9-11,13H2,1-4H3,(H,23,26)(H,24,27). The van der Waals surface area contributed by atoms with Crippen LogP contribution in [0.1, 0.15) is 49.5 Å². The first-order valence-corrected chi connectivity index (χ1v) is 9.87. The number of aryl methyl sites for hydroxylation is 1. The fourth-order valence-electron chi connectivity index (χ4n) is 3.03. The number of nitrogens with one attached hydrogen (secondary N) is 2. The summed E-state index contributed by atoms with van der Waals surface area (Å²) in [7, 11) is 0. The largest absolute Gasteiger partial charge is 0.444 e. The van der Waals surface area contributed by atoms with Gasteiger partial charge in [-0.1, -0.05) is 6.07 Å². The molecule has 0 aliphatic carbocycles. The molecule has 2 N–H and O–H groups in total. The highest BCUT2D eigenvalue weighted by atomic mass is 19.1. The topological polar surface area (TPSA) is 87.7 Å². The molecule has 1 aliphatic rings. The van der Waals surface area contributed by atoms with Crippen molar-refractivity contribution in [1.82, 2.24) is 15.5 Å². The van der Waals surface area contributed by atoms with E-state index in [1.54, 1.807) is 44.7 Å². The summed E-state index contributed by atoms with van der Waals surface area (Å²) in [5.41, 5.74) is 0.131. The van der Waals surface area contributed by atoms with Gasteiger partial charge < -0.3 is 20.3 Å². The Morgan fingerprint density at radius 1 is 1.21 bits per heavy atom. The van der Waals surface area contributed by atoms with Crippen LogP contribution >= 0.6 is 0 Å². The third-order valence-corrected chi connectivity index (χ3v) is 4.59. The highest BCUT2D eigenvalue weighted by Gasteiger charge is 2.30. The fraction of sp³-hybridized carbons (Fsp3) is 0.571. The molecule has 1 heterocycles. The molecule has 160 valence electrons. The van der Waals surface area contributed by atoms with Crippen molar-refractivity contribution < 1.29 is 23.5 Å². The Labute approximate surface area is 171 Å². The van der Waals surface area contributed by atoms with Crippen LogP contribution in [-0.2, 0) is 9.53 Å². The van der Waals surface area contributed by atoms with E-state index in [9.17, 15) is 18.8 Å². The van der Waals surface area contributed by atoms with Gasteiger partial charge in [-0.25, -0.2) is 9.18 Å². The minimum atomic E-state index is -0.579. The maximum atomic E-state index is 13.5. The molecule has 1 aromatic carbocycles. The maximum Gasteiger partial charge on any atom is 0.410 e. The first-order valence-electron chi connectivity index (χ1n) is 9.87. The Morgan fingerprint density at radius 3 is 2.55 bits per heavy atom.